The number of thiophene rings is 1. The molecule has 18 heavy (non-hydrogen) atoms. The van der Waals surface area contributed by atoms with Crippen molar-refractivity contribution >= 4 is 39.2 Å². The molecule has 0 unspecified atom stereocenters. The van der Waals surface area contributed by atoms with Gasteiger partial charge >= 0.3 is 0 Å². The van der Waals surface area contributed by atoms with Gasteiger partial charge in [-0.25, -0.2) is 4.98 Å². The van der Waals surface area contributed by atoms with Crippen LogP contribution in [0.1, 0.15) is 10.6 Å². The highest BCUT2D eigenvalue weighted by molar-refractivity contribution is 7.16. The third-order valence-corrected chi connectivity index (χ3v) is 4.69. The minimum atomic E-state index is 0.813. The monoisotopic (exact) mass is 297 g/mol. The molecule has 0 radical (unpaired) electrons. The number of aromatic nitrogens is 2. The summed E-state index contributed by atoms with van der Waals surface area (Å²) in [5, 5.41) is 5.44. The van der Waals surface area contributed by atoms with E-state index in [1.807, 2.05) is 17.6 Å². The molecule has 0 fully saturated rings. The molecule has 0 amide bonds. The lowest BCUT2D eigenvalue weighted by Crippen LogP contribution is -2.16. The molecule has 0 atom stereocenters. The van der Waals surface area contributed by atoms with Crippen LogP contribution in [0.5, 0.6) is 0 Å². The van der Waals surface area contributed by atoms with Crippen molar-refractivity contribution in [3.63, 3.8) is 0 Å². The fourth-order valence-corrected chi connectivity index (χ4v) is 3.58. The first-order valence-electron chi connectivity index (χ1n) is 5.67. The molecule has 0 aliphatic rings. The number of thiazole rings is 1. The van der Waals surface area contributed by atoms with Crippen molar-refractivity contribution < 1.29 is 0 Å². The molecule has 0 bridgehead atoms. The lowest BCUT2D eigenvalue weighted by atomic mass is 10.3. The van der Waals surface area contributed by atoms with Gasteiger partial charge in [0.05, 0.1) is 10.0 Å². The zero-order valence-corrected chi connectivity index (χ0v) is 12.0. The summed E-state index contributed by atoms with van der Waals surface area (Å²) < 4.78 is 2.92. The van der Waals surface area contributed by atoms with Gasteiger partial charge in [-0.05, 0) is 18.6 Å². The number of hydrogen-bond donors (Lipinski definition) is 1. The Morgan fingerprint density at radius 2 is 2.33 bits per heavy atom. The van der Waals surface area contributed by atoms with E-state index in [2.05, 4.69) is 27.0 Å². The van der Waals surface area contributed by atoms with Crippen LogP contribution in [-0.2, 0) is 13.0 Å². The van der Waals surface area contributed by atoms with E-state index in [1.165, 1.54) is 4.88 Å². The number of imidazole rings is 1. The zero-order valence-electron chi connectivity index (χ0n) is 9.60. The van der Waals surface area contributed by atoms with Crippen LogP contribution >= 0.6 is 34.3 Å². The highest BCUT2D eigenvalue weighted by Crippen LogP contribution is 2.21. The van der Waals surface area contributed by atoms with E-state index < -0.39 is 0 Å². The molecule has 6 heteroatoms. The molecule has 0 spiro atoms. The number of nitrogens with zero attached hydrogens (tertiary/aromatic N) is 2. The first kappa shape index (κ1) is 12.2. The lowest BCUT2D eigenvalue weighted by molar-refractivity contribution is 0.681. The standard InChI is InChI=1S/C12H12ClN3S2/c13-11-2-1-10(18-11)3-4-14-7-9-8-16-5-6-17-12(16)15-9/h1-2,5-6,8,14H,3-4,7H2. The van der Waals surface area contributed by atoms with Crippen molar-refractivity contribution in [2.45, 2.75) is 13.0 Å². The topological polar surface area (TPSA) is 29.3 Å². The summed E-state index contributed by atoms with van der Waals surface area (Å²) in [6, 6.07) is 4.03. The van der Waals surface area contributed by atoms with Crippen molar-refractivity contribution in [1.82, 2.24) is 14.7 Å². The van der Waals surface area contributed by atoms with Gasteiger partial charge in [0.2, 0.25) is 0 Å². The second-order valence-corrected chi connectivity index (χ2v) is 6.63. The van der Waals surface area contributed by atoms with E-state index in [0.29, 0.717) is 0 Å². The third kappa shape index (κ3) is 2.75. The van der Waals surface area contributed by atoms with Crippen LogP contribution in [0.3, 0.4) is 0 Å². The van der Waals surface area contributed by atoms with Gasteiger partial charge in [-0.3, -0.25) is 4.40 Å². The van der Waals surface area contributed by atoms with Gasteiger partial charge in [-0.2, -0.15) is 0 Å². The number of halogens is 1. The van der Waals surface area contributed by atoms with Crippen molar-refractivity contribution in [3.05, 3.63) is 44.8 Å². The number of fused-ring (bicyclic) bond motifs is 1. The summed E-state index contributed by atoms with van der Waals surface area (Å²) >= 11 is 9.19. The summed E-state index contributed by atoms with van der Waals surface area (Å²) in [5.74, 6) is 0. The Hall–Kier alpha value is -0.880. The summed E-state index contributed by atoms with van der Waals surface area (Å²) in [7, 11) is 0. The van der Waals surface area contributed by atoms with E-state index in [0.717, 1.165) is 34.5 Å². The fourth-order valence-electron chi connectivity index (χ4n) is 1.78. The van der Waals surface area contributed by atoms with Crippen LogP contribution in [0.4, 0.5) is 0 Å². The molecule has 94 valence electrons. The van der Waals surface area contributed by atoms with Crippen molar-refractivity contribution in [3.8, 4) is 0 Å². The maximum absolute atomic E-state index is 5.89. The van der Waals surface area contributed by atoms with Gasteiger partial charge in [-0.15, -0.1) is 22.7 Å². The summed E-state index contributed by atoms with van der Waals surface area (Å²) in [4.78, 5) is 6.89. The van der Waals surface area contributed by atoms with E-state index in [9.17, 15) is 0 Å². The van der Waals surface area contributed by atoms with Crippen LogP contribution in [0.15, 0.2) is 29.9 Å². The fraction of sp³-hybridized carbons (Fsp3) is 0.250. The minimum absolute atomic E-state index is 0.813. The first-order valence-corrected chi connectivity index (χ1v) is 7.75. The van der Waals surface area contributed by atoms with Gasteiger partial charge < -0.3 is 5.32 Å². The maximum atomic E-state index is 5.89. The van der Waals surface area contributed by atoms with Crippen LogP contribution in [0.25, 0.3) is 4.96 Å². The van der Waals surface area contributed by atoms with Crippen molar-refractivity contribution in [2.75, 3.05) is 6.54 Å². The van der Waals surface area contributed by atoms with Gasteiger partial charge in [0.25, 0.3) is 0 Å². The third-order valence-electron chi connectivity index (χ3n) is 2.63. The van der Waals surface area contributed by atoms with Crippen molar-refractivity contribution in [2.24, 2.45) is 0 Å². The molecule has 3 nitrogen and oxygen atoms in total. The Balaban J connectivity index is 1.48. The number of rotatable bonds is 5. The van der Waals surface area contributed by atoms with Gasteiger partial charge in [0, 0.05) is 35.7 Å². The Bertz CT molecular complexity index is 612. The van der Waals surface area contributed by atoms with Gasteiger partial charge in [0.1, 0.15) is 0 Å². The van der Waals surface area contributed by atoms with E-state index in [-0.39, 0.29) is 0 Å². The molecule has 3 rings (SSSR count). The minimum Gasteiger partial charge on any atom is -0.311 e. The molecule has 3 heterocycles. The Morgan fingerprint density at radius 1 is 1.39 bits per heavy atom. The number of nitrogens with one attached hydrogen (secondary N) is 1. The van der Waals surface area contributed by atoms with Gasteiger partial charge in [-0.1, -0.05) is 11.6 Å². The van der Waals surface area contributed by atoms with Crippen LogP contribution < -0.4 is 5.32 Å². The molecule has 3 aromatic heterocycles. The molecule has 0 aliphatic carbocycles. The second-order valence-electron chi connectivity index (χ2n) is 3.96. The Kier molecular flexibility index (Phi) is 3.65. The van der Waals surface area contributed by atoms with Crippen molar-refractivity contribution in [1.29, 1.82) is 0 Å². The highest BCUT2D eigenvalue weighted by Gasteiger charge is 2.02. The van der Waals surface area contributed by atoms with E-state index in [4.69, 9.17) is 11.6 Å². The molecule has 0 saturated heterocycles. The second kappa shape index (κ2) is 5.40. The van der Waals surface area contributed by atoms with Crippen LogP contribution in [-0.4, -0.2) is 15.9 Å². The SMILES string of the molecule is Clc1ccc(CCNCc2cn3ccsc3n2)s1. The normalized spacial score (nSPS) is 11.4. The predicted octanol–water partition coefficient (Wildman–Crippen LogP) is 3.44. The molecular weight excluding hydrogens is 286 g/mol. The van der Waals surface area contributed by atoms with Gasteiger partial charge in [0.15, 0.2) is 4.96 Å². The Labute approximate surface area is 118 Å². The Morgan fingerprint density at radius 3 is 3.11 bits per heavy atom. The quantitative estimate of drug-likeness (QED) is 0.731. The largest absolute Gasteiger partial charge is 0.311 e. The number of hydrogen-bond acceptors (Lipinski definition) is 4. The summed E-state index contributed by atoms with van der Waals surface area (Å²) in [5.41, 5.74) is 1.09. The van der Waals surface area contributed by atoms with Crippen LogP contribution in [0.2, 0.25) is 4.34 Å². The molecule has 0 aromatic carbocycles. The van der Waals surface area contributed by atoms with Crippen LogP contribution in [0, 0.1) is 0 Å². The first-order chi connectivity index (χ1) is 8.81. The molecular formula is C12H12ClN3S2. The predicted molar refractivity (Wildman–Crippen MR) is 77.8 cm³/mol. The smallest absolute Gasteiger partial charge is 0.193 e. The molecule has 0 saturated carbocycles. The molecule has 0 aliphatic heterocycles. The maximum Gasteiger partial charge on any atom is 0.193 e. The molecule has 1 N–H and O–H groups in total. The summed E-state index contributed by atoms with van der Waals surface area (Å²) in [6.45, 7) is 1.76. The van der Waals surface area contributed by atoms with E-state index >= 15 is 0 Å². The average Bonchev–Trinajstić information content (AvgIpc) is 3.00. The average molecular weight is 298 g/mol. The molecule has 3 aromatic rings. The zero-order chi connectivity index (χ0) is 12.4. The summed E-state index contributed by atoms with van der Waals surface area (Å²) in [6.07, 6.45) is 5.12. The highest BCUT2D eigenvalue weighted by atomic mass is 35.5. The van der Waals surface area contributed by atoms with E-state index in [1.54, 1.807) is 22.7 Å². The lowest BCUT2D eigenvalue weighted by Gasteiger charge is -2.00.